The molecule has 1 unspecified atom stereocenters. The van der Waals surface area contributed by atoms with E-state index in [4.69, 9.17) is 19.4 Å². The zero-order valence-corrected chi connectivity index (χ0v) is 16.4. The molecule has 9 heteroatoms. The van der Waals surface area contributed by atoms with E-state index in [0.717, 1.165) is 45.9 Å². The van der Waals surface area contributed by atoms with Gasteiger partial charge in [-0.3, -0.25) is 4.90 Å². The first-order valence-electron chi connectivity index (χ1n) is 8.95. The van der Waals surface area contributed by atoms with E-state index in [-0.39, 0.29) is 5.60 Å². The predicted molar refractivity (Wildman–Crippen MR) is 95.9 cm³/mol. The number of rotatable bonds is 6. The maximum Gasteiger partial charge on any atom is 0.490 e. The van der Waals surface area contributed by atoms with Gasteiger partial charge in [-0.1, -0.05) is 0 Å². The lowest BCUT2D eigenvalue weighted by atomic mass is 9.79. The van der Waals surface area contributed by atoms with Crippen LogP contribution in [0, 0.1) is 12.8 Å². The van der Waals surface area contributed by atoms with Gasteiger partial charge in [0.15, 0.2) is 0 Å². The summed E-state index contributed by atoms with van der Waals surface area (Å²) in [7, 11) is 0. The van der Waals surface area contributed by atoms with E-state index in [0.29, 0.717) is 5.92 Å². The maximum atomic E-state index is 10.6. The molecule has 2 fully saturated rings. The Hall–Kier alpha value is -1.16. The predicted octanol–water partition coefficient (Wildman–Crippen LogP) is 3.71. The minimum Gasteiger partial charge on any atom is -0.475 e. The van der Waals surface area contributed by atoms with Crippen molar-refractivity contribution in [1.29, 1.82) is 0 Å². The first kappa shape index (κ1) is 22.1. The zero-order valence-electron chi connectivity index (χ0n) is 15.6. The fourth-order valence-corrected chi connectivity index (χ4v) is 4.45. The second kappa shape index (κ2) is 9.36. The number of aryl methyl sites for hydroxylation is 1. The van der Waals surface area contributed by atoms with Gasteiger partial charge in [0.1, 0.15) is 0 Å². The summed E-state index contributed by atoms with van der Waals surface area (Å²) in [4.78, 5) is 12.9. The fourth-order valence-electron chi connectivity index (χ4n) is 3.50. The van der Waals surface area contributed by atoms with Crippen molar-refractivity contribution in [2.75, 3.05) is 32.9 Å². The molecule has 2 aliphatic heterocycles. The van der Waals surface area contributed by atoms with E-state index in [9.17, 15) is 13.2 Å². The van der Waals surface area contributed by atoms with Crippen LogP contribution in [-0.2, 0) is 20.8 Å². The fraction of sp³-hybridized carbons (Fsp3) is 0.722. The van der Waals surface area contributed by atoms with Gasteiger partial charge in [0.25, 0.3) is 0 Å². The number of hydrogen-bond acceptors (Lipinski definition) is 5. The van der Waals surface area contributed by atoms with Gasteiger partial charge in [0.2, 0.25) is 0 Å². The average molecular weight is 409 g/mol. The Morgan fingerprint density at radius 1 is 1.48 bits per heavy atom. The Kier molecular flexibility index (Phi) is 7.67. The zero-order chi connectivity index (χ0) is 20.1. The Morgan fingerprint density at radius 2 is 2.15 bits per heavy atom. The number of carboxylic acids is 1. The summed E-state index contributed by atoms with van der Waals surface area (Å²) < 4.78 is 43.4. The van der Waals surface area contributed by atoms with Crippen LogP contribution in [0.4, 0.5) is 13.2 Å². The monoisotopic (exact) mass is 409 g/mol. The molecule has 3 rings (SSSR count). The topological polar surface area (TPSA) is 59.0 Å². The second-order valence-corrected chi connectivity index (χ2v) is 7.86. The Morgan fingerprint density at radius 3 is 2.67 bits per heavy atom. The van der Waals surface area contributed by atoms with Gasteiger partial charge >= 0.3 is 12.1 Å². The SMILES string of the molecule is CCOCCC1CCOC12CN(Cc1sccc1C)C2.O=C(O)C(F)(F)F. The van der Waals surface area contributed by atoms with Crippen LogP contribution in [0.1, 0.15) is 30.2 Å². The molecule has 1 atom stereocenters. The molecule has 1 N–H and O–H groups in total. The smallest absolute Gasteiger partial charge is 0.475 e. The number of carboxylic acid groups (broad SMARTS) is 1. The standard InChI is InChI=1S/C16H25NO2S.C2HF3O2/c1-3-18-7-4-14-5-8-19-16(14)11-17(12-16)10-15-13(2)6-9-20-15;3-2(4,5)1(6)7/h6,9,14H,3-5,7-8,10-12H2,1-2H3;(H,6,7). The number of nitrogens with zero attached hydrogens (tertiary/aromatic N) is 1. The number of likely N-dealkylation sites (tertiary alicyclic amines) is 1. The molecule has 2 saturated heterocycles. The lowest BCUT2D eigenvalue weighted by Gasteiger charge is -2.50. The summed E-state index contributed by atoms with van der Waals surface area (Å²) in [5.41, 5.74) is 1.57. The van der Waals surface area contributed by atoms with Crippen LogP contribution in [0.5, 0.6) is 0 Å². The first-order valence-corrected chi connectivity index (χ1v) is 9.83. The Bertz CT molecular complexity index is 614. The van der Waals surface area contributed by atoms with Crippen molar-refractivity contribution in [2.24, 2.45) is 5.92 Å². The van der Waals surface area contributed by atoms with Crippen LogP contribution in [0.15, 0.2) is 11.4 Å². The summed E-state index contributed by atoms with van der Waals surface area (Å²) in [5.74, 6) is -2.07. The number of carbonyl (C=O) groups is 1. The molecule has 0 radical (unpaired) electrons. The summed E-state index contributed by atoms with van der Waals surface area (Å²) in [6.45, 7) is 10.2. The molecule has 0 bridgehead atoms. The molecule has 0 aromatic carbocycles. The molecule has 154 valence electrons. The molecule has 1 aromatic rings. The third-order valence-corrected chi connectivity index (χ3v) is 5.98. The highest BCUT2D eigenvalue weighted by Gasteiger charge is 2.52. The largest absolute Gasteiger partial charge is 0.490 e. The molecule has 27 heavy (non-hydrogen) atoms. The minimum atomic E-state index is -5.08. The molecule has 1 aromatic heterocycles. The lowest BCUT2D eigenvalue weighted by Crippen LogP contribution is -2.64. The lowest BCUT2D eigenvalue weighted by molar-refractivity contribution is -0.192. The molecule has 1 spiro atoms. The Labute approximate surface area is 161 Å². The van der Waals surface area contributed by atoms with Crippen molar-refractivity contribution in [3.63, 3.8) is 0 Å². The highest BCUT2D eigenvalue weighted by molar-refractivity contribution is 7.10. The van der Waals surface area contributed by atoms with Crippen LogP contribution in [0.25, 0.3) is 0 Å². The summed E-state index contributed by atoms with van der Waals surface area (Å²) in [6, 6.07) is 2.21. The number of halogens is 3. The van der Waals surface area contributed by atoms with Gasteiger partial charge in [-0.2, -0.15) is 13.2 Å². The van der Waals surface area contributed by atoms with E-state index in [1.54, 1.807) is 0 Å². The van der Waals surface area contributed by atoms with Crippen molar-refractivity contribution in [3.8, 4) is 0 Å². The van der Waals surface area contributed by atoms with Gasteiger partial charge in [-0.15, -0.1) is 11.3 Å². The molecular weight excluding hydrogens is 383 g/mol. The Balaban J connectivity index is 0.000000321. The highest BCUT2D eigenvalue weighted by atomic mass is 32.1. The van der Waals surface area contributed by atoms with Gasteiger partial charge in [-0.05, 0) is 49.6 Å². The summed E-state index contributed by atoms with van der Waals surface area (Å²) in [6.07, 6.45) is -2.72. The van der Waals surface area contributed by atoms with Crippen LogP contribution >= 0.6 is 11.3 Å². The molecule has 2 aliphatic rings. The highest BCUT2D eigenvalue weighted by Crippen LogP contribution is 2.42. The van der Waals surface area contributed by atoms with Gasteiger partial charge in [0, 0.05) is 44.3 Å². The molecule has 0 aliphatic carbocycles. The normalized spacial score (nSPS) is 21.6. The number of alkyl halides is 3. The molecule has 3 heterocycles. The van der Waals surface area contributed by atoms with Gasteiger partial charge in [0.05, 0.1) is 5.60 Å². The molecule has 0 saturated carbocycles. The van der Waals surface area contributed by atoms with Gasteiger partial charge < -0.3 is 14.6 Å². The third kappa shape index (κ3) is 5.91. The number of ether oxygens (including phenoxy) is 2. The average Bonchev–Trinajstić information content (AvgIpc) is 3.14. The molecule has 0 amide bonds. The maximum absolute atomic E-state index is 10.6. The van der Waals surface area contributed by atoms with E-state index in [1.807, 2.05) is 11.3 Å². The van der Waals surface area contributed by atoms with E-state index >= 15 is 0 Å². The van der Waals surface area contributed by atoms with Crippen molar-refractivity contribution < 1.29 is 32.5 Å². The first-order chi connectivity index (χ1) is 12.7. The van der Waals surface area contributed by atoms with Gasteiger partial charge in [-0.25, -0.2) is 4.79 Å². The molecular formula is C18H26F3NO4S. The summed E-state index contributed by atoms with van der Waals surface area (Å²) >= 11 is 1.87. The van der Waals surface area contributed by atoms with Crippen molar-refractivity contribution in [2.45, 2.75) is 45.0 Å². The van der Waals surface area contributed by atoms with Crippen molar-refractivity contribution >= 4 is 17.3 Å². The molecule has 5 nitrogen and oxygen atoms in total. The minimum absolute atomic E-state index is 0.141. The second-order valence-electron chi connectivity index (χ2n) is 6.86. The van der Waals surface area contributed by atoms with E-state index in [2.05, 4.69) is 30.2 Å². The quantitative estimate of drug-likeness (QED) is 0.726. The number of aliphatic carboxylic acids is 1. The van der Waals surface area contributed by atoms with Crippen LogP contribution in [0.2, 0.25) is 0 Å². The number of hydrogen-bond donors (Lipinski definition) is 1. The van der Waals surface area contributed by atoms with E-state index < -0.39 is 12.1 Å². The summed E-state index contributed by atoms with van der Waals surface area (Å²) in [5, 5.41) is 9.32. The van der Waals surface area contributed by atoms with Crippen LogP contribution in [-0.4, -0.2) is 60.7 Å². The van der Waals surface area contributed by atoms with E-state index in [1.165, 1.54) is 16.9 Å². The van der Waals surface area contributed by atoms with Crippen molar-refractivity contribution in [3.05, 3.63) is 21.9 Å². The van der Waals surface area contributed by atoms with Crippen LogP contribution in [0.3, 0.4) is 0 Å². The van der Waals surface area contributed by atoms with Crippen molar-refractivity contribution in [1.82, 2.24) is 4.90 Å². The third-order valence-electron chi connectivity index (χ3n) is 4.98. The number of thiophene rings is 1. The van der Waals surface area contributed by atoms with Crippen LogP contribution < -0.4 is 0 Å².